The van der Waals surface area contributed by atoms with Crippen LogP contribution in [0.3, 0.4) is 0 Å². The van der Waals surface area contributed by atoms with Gasteiger partial charge in [-0.1, -0.05) is 12.1 Å². The Morgan fingerprint density at radius 2 is 1.76 bits per heavy atom. The molecule has 0 bridgehead atoms. The molecule has 140 valence electrons. The molecular weight excluding hydrogens is 336 g/mol. The highest BCUT2D eigenvalue weighted by Crippen LogP contribution is 2.26. The molecule has 1 unspecified atom stereocenters. The predicted octanol–water partition coefficient (Wildman–Crippen LogP) is -2.22. The van der Waals surface area contributed by atoms with Crippen LogP contribution in [0.25, 0.3) is 6.08 Å². The number of ether oxygens (including phenoxy) is 1. The number of rotatable bonds is 9. The molecule has 25 heavy (non-hydrogen) atoms. The van der Waals surface area contributed by atoms with E-state index in [1.165, 1.54) is 31.4 Å². The fourth-order valence-corrected chi connectivity index (χ4v) is 1.97. The minimum atomic E-state index is -2.08. The minimum Gasteiger partial charge on any atom is -0.504 e. The van der Waals surface area contributed by atoms with Crippen molar-refractivity contribution in [2.24, 2.45) is 0 Å². The number of carbonyl (C=O) groups is 1. The van der Waals surface area contributed by atoms with Crippen LogP contribution in [0, 0.1) is 0 Å². The summed E-state index contributed by atoms with van der Waals surface area (Å²) >= 11 is 0. The molecule has 0 aliphatic rings. The highest BCUT2D eigenvalue weighted by Gasteiger charge is 2.36. The lowest BCUT2D eigenvalue weighted by molar-refractivity contribution is -0.152. The van der Waals surface area contributed by atoms with Crippen LogP contribution in [0.5, 0.6) is 11.5 Å². The molecule has 0 saturated heterocycles. The molecule has 0 aliphatic heterocycles. The van der Waals surface area contributed by atoms with Crippen molar-refractivity contribution in [3.05, 3.63) is 29.8 Å². The van der Waals surface area contributed by atoms with Crippen molar-refractivity contribution in [1.82, 2.24) is 0 Å². The Bertz CT molecular complexity index is 601. The molecule has 0 radical (unpaired) electrons. The van der Waals surface area contributed by atoms with Crippen molar-refractivity contribution in [3.63, 3.8) is 0 Å². The number of benzene rings is 1. The molecule has 7 N–H and O–H groups in total. The van der Waals surface area contributed by atoms with Crippen molar-refractivity contribution >= 4 is 11.9 Å². The van der Waals surface area contributed by atoms with Crippen LogP contribution >= 0.6 is 0 Å². The number of aromatic hydroxyl groups is 1. The predicted molar refractivity (Wildman–Crippen MR) is 85.8 cm³/mol. The SMILES string of the molecule is COc1cc(/C=C/C(=O)C(O)[C@H](O)[C@@H](O)[C@H](O)[C@H](O)CO)ccc1O. The molecule has 9 heteroatoms. The van der Waals surface area contributed by atoms with Gasteiger partial charge in [0.15, 0.2) is 17.3 Å². The Morgan fingerprint density at radius 1 is 1.12 bits per heavy atom. The third kappa shape index (κ3) is 5.49. The summed E-state index contributed by atoms with van der Waals surface area (Å²) in [5.41, 5.74) is 0.459. The monoisotopic (exact) mass is 358 g/mol. The maximum atomic E-state index is 11.9. The number of ketones is 1. The van der Waals surface area contributed by atoms with Gasteiger partial charge in [0.1, 0.15) is 30.5 Å². The van der Waals surface area contributed by atoms with Gasteiger partial charge in [0.25, 0.3) is 0 Å². The second kappa shape index (κ2) is 9.47. The van der Waals surface area contributed by atoms with Gasteiger partial charge in [-0.15, -0.1) is 0 Å². The zero-order chi connectivity index (χ0) is 19.1. The summed E-state index contributed by atoms with van der Waals surface area (Å²) in [7, 11) is 1.35. The van der Waals surface area contributed by atoms with Crippen LogP contribution in [0.1, 0.15) is 5.56 Å². The van der Waals surface area contributed by atoms with E-state index in [4.69, 9.17) is 9.84 Å². The number of methoxy groups -OCH3 is 1. The van der Waals surface area contributed by atoms with E-state index in [0.717, 1.165) is 6.08 Å². The van der Waals surface area contributed by atoms with Gasteiger partial charge in [0, 0.05) is 0 Å². The standard InChI is InChI=1S/C16H22O9/c1-25-12-6-8(2-4-9(12)18)3-5-10(19)13(21)15(23)16(24)14(22)11(20)7-17/h2-6,11,13-18,20-24H,7H2,1H3/b5-3+/t11-,13?,14-,15+,16+/m1/s1. The lowest BCUT2D eigenvalue weighted by Crippen LogP contribution is -2.51. The van der Waals surface area contributed by atoms with Crippen molar-refractivity contribution in [3.8, 4) is 11.5 Å². The number of aliphatic hydroxyl groups excluding tert-OH is 6. The van der Waals surface area contributed by atoms with E-state index < -0.39 is 42.9 Å². The van der Waals surface area contributed by atoms with E-state index in [1.807, 2.05) is 0 Å². The number of phenols is 1. The smallest absolute Gasteiger partial charge is 0.186 e. The molecule has 1 aromatic carbocycles. The first kappa shape index (κ1) is 21.0. The number of hydrogen-bond acceptors (Lipinski definition) is 9. The van der Waals surface area contributed by atoms with Crippen molar-refractivity contribution in [2.75, 3.05) is 13.7 Å². The summed E-state index contributed by atoms with van der Waals surface area (Å²) in [6.45, 7) is -0.877. The van der Waals surface area contributed by atoms with Gasteiger partial charge in [-0.05, 0) is 23.8 Å². The third-order valence-electron chi connectivity index (χ3n) is 3.54. The first-order valence-corrected chi connectivity index (χ1v) is 7.33. The summed E-state index contributed by atoms with van der Waals surface area (Å²) in [5.74, 6) is -0.892. The zero-order valence-electron chi connectivity index (χ0n) is 13.4. The molecule has 5 atom stereocenters. The van der Waals surface area contributed by atoms with Crippen LogP contribution in [0.4, 0.5) is 0 Å². The molecular formula is C16H22O9. The van der Waals surface area contributed by atoms with Crippen molar-refractivity contribution in [1.29, 1.82) is 0 Å². The third-order valence-corrected chi connectivity index (χ3v) is 3.54. The summed E-state index contributed by atoms with van der Waals surface area (Å²) in [6, 6.07) is 4.24. The highest BCUT2D eigenvalue weighted by atomic mass is 16.5. The Kier molecular flexibility index (Phi) is 7.97. The first-order chi connectivity index (χ1) is 11.7. The van der Waals surface area contributed by atoms with E-state index >= 15 is 0 Å². The van der Waals surface area contributed by atoms with E-state index in [0.29, 0.717) is 5.56 Å². The van der Waals surface area contributed by atoms with Crippen LogP contribution in [-0.4, -0.2) is 85.8 Å². The second-order valence-electron chi connectivity index (χ2n) is 5.33. The van der Waals surface area contributed by atoms with E-state index in [-0.39, 0.29) is 11.5 Å². The van der Waals surface area contributed by atoms with Crippen molar-refractivity contribution < 1.29 is 45.3 Å². The lowest BCUT2D eigenvalue weighted by atomic mass is 9.97. The van der Waals surface area contributed by atoms with Gasteiger partial charge in [-0.25, -0.2) is 0 Å². The molecule has 0 heterocycles. The van der Waals surface area contributed by atoms with Crippen LogP contribution in [0.2, 0.25) is 0 Å². The van der Waals surface area contributed by atoms with Crippen LogP contribution < -0.4 is 4.74 Å². The molecule has 0 amide bonds. The van der Waals surface area contributed by atoms with Gasteiger partial charge < -0.3 is 40.5 Å². The average molecular weight is 358 g/mol. The molecule has 0 aliphatic carbocycles. The molecule has 0 saturated carbocycles. The Morgan fingerprint density at radius 3 is 2.32 bits per heavy atom. The molecule has 9 nitrogen and oxygen atoms in total. The fourth-order valence-electron chi connectivity index (χ4n) is 1.97. The normalized spacial score (nSPS) is 17.7. The fraction of sp³-hybridized carbons (Fsp3) is 0.438. The molecule has 0 fully saturated rings. The summed E-state index contributed by atoms with van der Waals surface area (Å²) in [5, 5.41) is 66.0. The number of aliphatic hydroxyl groups is 6. The van der Waals surface area contributed by atoms with E-state index in [2.05, 4.69) is 0 Å². The summed E-state index contributed by atoms with van der Waals surface area (Å²) in [6.07, 6.45) is -7.68. The topological polar surface area (TPSA) is 168 Å². The molecule has 1 aromatic rings. The quantitative estimate of drug-likeness (QED) is 0.242. The average Bonchev–Trinajstić information content (AvgIpc) is 2.63. The maximum absolute atomic E-state index is 11.9. The Labute approximate surface area is 143 Å². The first-order valence-electron chi connectivity index (χ1n) is 7.33. The van der Waals surface area contributed by atoms with Gasteiger partial charge in [-0.2, -0.15) is 0 Å². The van der Waals surface area contributed by atoms with Gasteiger partial charge in [-0.3, -0.25) is 4.79 Å². The molecule has 1 rings (SSSR count). The van der Waals surface area contributed by atoms with Gasteiger partial charge in [0.2, 0.25) is 0 Å². The Hall–Kier alpha value is -2.01. The number of phenolic OH excluding ortho intramolecular Hbond substituents is 1. The second-order valence-corrected chi connectivity index (χ2v) is 5.33. The minimum absolute atomic E-state index is 0.0963. The number of hydrogen-bond donors (Lipinski definition) is 7. The Balaban J connectivity index is 2.78. The van der Waals surface area contributed by atoms with E-state index in [1.54, 1.807) is 0 Å². The van der Waals surface area contributed by atoms with Gasteiger partial charge in [0.05, 0.1) is 13.7 Å². The lowest BCUT2D eigenvalue weighted by Gasteiger charge is -2.27. The maximum Gasteiger partial charge on any atom is 0.186 e. The summed E-state index contributed by atoms with van der Waals surface area (Å²) < 4.78 is 4.91. The highest BCUT2D eigenvalue weighted by molar-refractivity contribution is 5.97. The largest absolute Gasteiger partial charge is 0.504 e. The van der Waals surface area contributed by atoms with E-state index in [9.17, 15) is 35.4 Å². The molecule has 0 aromatic heterocycles. The van der Waals surface area contributed by atoms with Crippen molar-refractivity contribution in [2.45, 2.75) is 30.5 Å². The number of carbonyl (C=O) groups excluding carboxylic acids is 1. The van der Waals surface area contributed by atoms with Crippen LogP contribution in [0.15, 0.2) is 24.3 Å². The molecule has 0 spiro atoms. The zero-order valence-corrected chi connectivity index (χ0v) is 13.4. The van der Waals surface area contributed by atoms with Crippen LogP contribution in [-0.2, 0) is 4.79 Å². The summed E-state index contributed by atoms with van der Waals surface area (Å²) in [4.78, 5) is 11.9. The van der Waals surface area contributed by atoms with Gasteiger partial charge >= 0.3 is 0 Å².